The largest absolute Gasteiger partial charge is 0.392 e. The third kappa shape index (κ3) is 2.80. The van der Waals surface area contributed by atoms with Crippen molar-refractivity contribution >= 4 is 5.84 Å². The molecule has 1 aliphatic rings. The first-order valence-corrected chi connectivity index (χ1v) is 5.34. The highest BCUT2D eigenvalue weighted by molar-refractivity contribution is 5.83. The third-order valence-corrected chi connectivity index (χ3v) is 2.58. The van der Waals surface area contributed by atoms with Gasteiger partial charge in [-0.2, -0.15) is 0 Å². The van der Waals surface area contributed by atoms with Gasteiger partial charge in [0.1, 0.15) is 0 Å². The van der Waals surface area contributed by atoms with Gasteiger partial charge >= 0.3 is 0 Å². The van der Waals surface area contributed by atoms with E-state index in [1.54, 1.807) is 0 Å². The number of rotatable bonds is 3. The number of hydrogen-bond donors (Lipinski definition) is 2. The van der Waals surface area contributed by atoms with Crippen molar-refractivity contribution in [1.29, 1.82) is 0 Å². The summed E-state index contributed by atoms with van der Waals surface area (Å²) in [4.78, 5) is 4.35. The Kier molecular flexibility index (Phi) is 3.35. The SMILES string of the molecule is OCc1ccc(CNC2=NCCC2)cc1. The molecule has 2 rings (SSSR count). The average Bonchev–Trinajstić information content (AvgIpc) is 2.80. The van der Waals surface area contributed by atoms with Gasteiger partial charge in [-0.15, -0.1) is 0 Å². The second-order valence-electron chi connectivity index (χ2n) is 3.76. The van der Waals surface area contributed by atoms with E-state index in [4.69, 9.17) is 5.11 Å². The smallest absolute Gasteiger partial charge is 0.0966 e. The topological polar surface area (TPSA) is 44.6 Å². The summed E-state index contributed by atoms with van der Waals surface area (Å²) in [5.41, 5.74) is 2.18. The van der Waals surface area contributed by atoms with Crippen molar-refractivity contribution in [3.05, 3.63) is 35.4 Å². The Bertz CT molecular complexity index is 343. The molecule has 0 amide bonds. The number of aliphatic imine (C=N–C) groups is 1. The summed E-state index contributed by atoms with van der Waals surface area (Å²) >= 11 is 0. The summed E-state index contributed by atoms with van der Waals surface area (Å²) in [6, 6.07) is 7.98. The fraction of sp³-hybridized carbons (Fsp3) is 0.417. The van der Waals surface area contributed by atoms with Gasteiger partial charge in [-0.3, -0.25) is 4.99 Å². The fourth-order valence-electron chi connectivity index (χ4n) is 1.65. The van der Waals surface area contributed by atoms with Crippen molar-refractivity contribution in [3.8, 4) is 0 Å². The lowest BCUT2D eigenvalue weighted by Crippen LogP contribution is -2.20. The molecule has 80 valence electrons. The molecule has 1 aliphatic heterocycles. The zero-order chi connectivity index (χ0) is 10.5. The van der Waals surface area contributed by atoms with Crippen LogP contribution in [-0.2, 0) is 13.2 Å². The average molecular weight is 204 g/mol. The van der Waals surface area contributed by atoms with Gasteiger partial charge in [0.25, 0.3) is 0 Å². The first-order chi connectivity index (χ1) is 7.38. The molecule has 3 heteroatoms. The summed E-state index contributed by atoms with van der Waals surface area (Å²) in [5.74, 6) is 1.13. The van der Waals surface area contributed by atoms with E-state index in [0.717, 1.165) is 30.9 Å². The van der Waals surface area contributed by atoms with Crippen LogP contribution in [0.15, 0.2) is 29.3 Å². The molecule has 0 bridgehead atoms. The van der Waals surface area contributed by atoms with Crippen LogP contribution in [0, 0.1) is 0 Å². The molecule has 3 nitrogen and oxygen atoms in total. The van der Waals surface area contributed by atoms with E-state index in [9.17, 15) is 0 Å². The predicted octanol–water partition coefficient (Wildman–Crippen LogP) is 1.46. The highest BCUT2D eigenvalue weighted by Gasteiger charge is 2.04. The molecule has 0 aliphatic carbocycles. The zero-order valence-electron chi connectivity index (χ0n) is 8.74. The molecule has 0 unspecified atom stereocenters. The molecule has 1 aromatic carbocycles. The number of benzene rings is 1. The van der Waals surface area contributed by atoms with Crippen molar-refractivity contribution in [1.82, 2.24) is 5.32 Å². The summed E-state index contributed by atoms with van der Waals surface area (Å²) in [5, 5.41) is 12.2. The van der Waals surface area contributed by atoms with Crippen LogP contribution in [-0.4, -0.2) is 17.5 Å². The third-order valence-electron chi connectivity index (χ3n) is 2.58. The van der Waals surface area contributed by atoms with Crippen molar-refractivity contribution in [2.24, 2.45) is 4.99 Å². The Morgan fingerprint density at radius 2 is 1.93 bits per heavy atom. The Labute approximate surface area is 89.9 Å². The molecule has 15 heavy (non-hydrogen) atoms. The minimum Gasteiger partial charge on any atom is -0.392 e. The first-order valence-electron chi connectivity index (χ1n) is 5.34. The normalized spacial score (nSPS) is 15.1. The van der Waals surface area contributed by atoms with Gasteiger partial charge in [-0.1, -0.05) is 24.3 Å². The number of hydrogen-bond acceptors (Lipinski definition) is 3. The standard InChI is InChI=1S/C12H16N2O/c15-9-11-5-3-10(4-6-11)8-14-12-2-1-7-13-12/h3-6,15H,1-2,7-9H2,(H,13,14). The molecular formula is C12H16N2O. The zero-order valence-corrected chi connectivity index (χ0v) is 8.74. The van der Waals surface area contributed by atoms with Crippen LogP contribution in [0.1, 0.15) is 24.0 Å². The Balaban J connectivity index is 1.87. The summed E-state index contributed by atoms with van der Waals surface area (Å²) in [6.45, 7) is 1.90. The minimum absolute atomic E-state index is 0.112. The highest BCUT2D eigenvalue weighted by Crippen LogP contribution is 2.06. The molecule has 0 saturated carbocycles. The molecule has 1 aromatic rings. The van der Waals surface area contributed by atoms with Crippen LogP contribution in [0.25, 0.3) is 0 Å². The van der Waals surface area contributed by atoms with Crippen LogP contribution in [0.5, 0.6) is 0 Å². The van der Waals surface area contributed by atoms with Crippen LogP contribution >= 0.6 is 0 Å². The second-order valence-corrected chi connectivity index (χ2v) is 3.76. The molecule has 1 heterocycles. The molecule has 0 aromatic heterocycles. The highest BCUT2D eigenvalue weighted by atomic mass is 16.3. The molecule has 0 radical (unpaired) electrons. The van der Waals surface area contributed by atoms with E-state index in [0.29, 0.717) is 0 Å². The van der Waals surface area contributed by atoms with Gasteiger partial charge in [0.05, 0.1) is 12.4 Å². The Hall–Kier alpha value is -1.35. The van der Waals surface area contributed by atoms with E-state index in [-0.39, 0.29) is 6.61 Å². The molecule has 0 fully saturated rings. The summed E-state index contributed by atoms with van der Waals surface area (Å²) in [7, 11) is 0. The predicted molar refractivity (Wildman–Crippen MR) is 60.7 cm³/mol. The molecule has 0 saturated heterocycles. The van der Waals surface area contributed by atoms with E-state index < -0.39 is 0 Å². The molecule has 0 spiro atoms. The van der Waals surface area contributed by atoms with E-state index >= 15 is 0 Å². The maximum absolute atomic E-state index is 8.90. The number of amidine groups is 1. The summed E-state index contributed by atoms with van der Waals surface area (Å²) in [6.07, 6.45) is 2.25. The monoisotopic (exact) mass is 204 g/mol. The van der Waals surface area contributed by atoms with Crippen LogP contribution < -0.4 is 5.32 Å². The Morgan fingerprint density at radius 3 is 2.53 bits per heavy atom. The van der Waals surface area contributed by atoms with Gasteiger partial charge in [-0.05, 0) is 17.5 Å². The van der Waals surface area contributed by atoms with Gasteiger partial charge in [0, 0.05) is 19.5 Å². The fourth-order valence-corrected chi connectivity index (χ4v) is 1.65. The van der Waals surface area contributed by atoms with Crippen molar-refractivity contribution < 1.29 is 5.11 Å². The first kappa shape index (κ1) is 10.2. The maximum atomic E-state index is 8.90. The lowest BCUT2D eigenvalue weighted by molar-refractivity contribution is 0.282. The van der Waals surface area contributed by atoms with Gasteiger partial charge in [-0.25, -0.2) is 0 Å². The lowest BCUT2D eigenvalue weighted by atomic mass is 10.1. The molecular weight excluding hydrogens is 188 g/mol. The van der Waals surface area contributed by atoms with Crippen molar-refractivity contribution in [2.75, 3.05) is 6.54 Å². The lowest BCUT2D eigenvalue weighted by Gasteiger charge is -2.06. The van der Waals surface area contributed by atoms with Crippen LogP contribution in [0.2, 0.25) is 0 Å². The van der Waals surface area contributed by atoms with E-state index in [1.165, 1.54) is 12.0 Å². The van der Waals surface area contributed by atoms with E-state index in [1.807, 2.05) is 24.3 Å². The van der Waals surface area contributed by atoms with E-state index in [2.05, 4.69) is 10.3 Å². The maximum Gasteiger partial charge on any atom is 0.0966 e. The van der Waals surface area contributed by atoms with Crippen molar-refractivity contribution in [2.45, 2.75) is 26.0 Å². The van der Waals surface area contributed by atoms with Gasteiger partial charge in [0.2, 0.25) is 0 Å². The van der Waals surface area contributed by atoms with Crippen LogP contribution in [0.3, 0.4) is 0 Å². The van der Waals surface area contributed by atoms with Gasteiger partial charge < -0.3 is 10.4 Å². The number of nitrogens with one attached hydrogen (secondary N) is 1. The number of aliphatic hydroxyl groups is 1. The number of aliphatic hydroxyl groups excluding tert-OH is 1. The Morgan fingerprint density at radius 1 is 1.20 bits per heavy atom. The van der Waals surface area contributed by atoms with Crippen molar-refractivity contribution in [3.63, 3.8) is 0 Å². The molecule has 0 atom stereocenters. The quantitative estimate of drug-likeness (QED) is 0.783. The summed E-state index contributed by atoms with van der Waals surface area (Å²) < 4.78 is 0. The second kappa shape index (κ2) is 4.94. The number of nitrogens with zero attached hydrogens (tertiary/aromatic N) is 1. The molecule has 2 N–H and O–H groups in total. The van der Waals surface area contributed by atoms with Crippen LogP contribution in [0.4, 0.5) is 0 Å². The minimum atomic E-state index is 0.112. The van der Waals surface area contributed by atoms with Gasteiger partial charge in [0.15, 0.2) is 0 Å².